The van der Waals surface area contributed by atoms with Gasteiger partial charge in [-0.15, -0.1) is 0 Å². The lowest BCUT2D eigenvalue weighted by molar-refractivity contribution is -0.143. The maximum Gasteiger partial charge on any atom is 0.414 e. The SMILES string of the molecule is COC(=O)N1c2ccc3c(nc(CN4C(=O)CCc5ccccc54)n3[C@@H]3CCC[C@@H](C(=O)O)C3)c2CCC1C. The molecule has 3 aliphatic rings. The summed E-state index contributed by atoms with van der Waals surface area (Å²) in [6.45, 7) is 2.33. The Balaban J connectivity index is 1.50. The van der Waals surface area contributed by atoms with Crippen molar-refractivity contribution in [3.05, 3.63) is 53.3 Å². The molecule has 1 aliphatic carbocycles. The Morgan fingerprint density at radius 1 is 1.05 bits per heavy atom. The van der Waals surface area contributed by atoms with Crippen molar-refractivity contribution in [2.24, 2.45) is 5.92 Å². The Kier molecular flexibility index (Phi) is 6.53. The predicted molar refractivity (Wildman–Crippen MR) is 147 cm³/mol. The van der Waals surface area contributed by atoms with Gasteiger partial charge in [0, 0.05) is 29.8 Å². The second-order valence-corrected chi connectivity index (χ2v) is 11.0. The Bertz CT molecular complexity index is 1460. The highest BCUT2D eigenvalue weighted by molar-refractivity contribution is 5.97. The number of benzene rings is 2. The molecule has 39 heavy (non-hydrogen) atoms. The number of rotatable bonds is 4. The number of nitrogens with zero attached hydrogens (tertiary/aromatic N) is 4. The van der Waals surface area contributed by atoms with Crippen molar-refractivity contribution in [1.82, 2.24) is 9.55 Å². The summed E-state index contributed by atoms with van der Waals surface area (Å²) in [5, 5.41) is 9.80. The van der Waals surface area contributed by atoms with Crippen molar-refractivity contribution >= 4 is 40.4 Å². The molecular weight excluding hydrogens is 496 g/mol. The van der Waals surface area contributed by atoms with Crippen LogP contribution < -0.4 is 9.80 Å². The number of aliphatic carboxylic acids is 1. The summed E-state index contributed by atoms with van der Waals surface area (Å²) in [4.78, 5) is 46.5. The van der Waals surface area contributed by atoms with Crippen LogP contribution in [0.2, 0.25) is 0 Å². The number of fused-ring (bicyclic) bond motifs is 4. The average Bonchev–Trinajstić information content (AvgIpc) is 3.32. The quantitative estimate of drug-likeness (QED) is 0.495. The number of para-hydroxylation sites is 1. The van der Waals surface area contributed by atoms with Crippen LogP contribution in [0.1, 0.15) is 68.4 Å². The van der Waals surface area contributed by atoms with Crippen molar-refractivity contribution in [2.75, 3.05) is 16.9 Å². The molecule has 3 aromatic rings. The van der Waals surface area contributed by atoms with Gasteiger partial charge in [-0.25, -0.2) is 9.78 Å². The minimum absolute atomic E-state index is 0.00102. The number of carboxylic acids is 1. The van der Waals surface area contributed by atoms with E-state index < -0.39 is 18.0 Å². The molecule has 1 aromatic heterocycles. The van der Waals surface area contributed by atoms with Gasteiger partial charge in [-0.05, 0) is 69.2 Å². The average molecular weight is 531 g/mol. The molecule has 1 fully saturated rings. The Morgan fingerprint density at radius 3 is 2.67 bits per heavy atom. The molecule has 3 heterocycles. The van der Waals surface area contributed by atoms with E-state index in [1.54, 1.807) is 4.90 Å². The number of hydrogen-bond acceptors (Lipinski definition) is 5. The zero-order chi connectivity index (χ0) is 27.3. The van der Waals surface area contributed by atoms with Crippen LogP contribution >= 0.6 is 0 Å². The van der Waals surface area contributed by atoms with Crippen molar-refractivity contribution in [2.45, 2.75) is 76.9 Å². The second kappa shape index (κ2) is 10.0. The number of carboxylic acid groups (broad SMARTS) is 1. The third-order valence-corrected chi connectivity index (χ3v) is 8.75. The first-order valence-corrected chi connectivity index (χ1v) is 13.9. The van der Waals surface area contributed by atoms with E-state index in [9.17, 15) is 19.5 Å². The molecule has 0 saturated heterocycles. The summed E-state index contributed by atoms with van der Waals surface area (Å²) in [5.41, 5.74) is 5.59. The number of anilines is 2. The number of aryl methyl sites for hydroxylation is 2. The topological polar surface area (TPSA) is 105 Å². The molecule has 204 valence electrons. The summed E-state index contributed by atoms with van der Waals surface area (Å²) in [6.07, 6.45) is 5.21. The van der Waals surface area contributed by atoms with Crippen molar-refractivity contribution in [3.8, 4) is 0 Å². The maximum atomic E-state index is 13.2. The van der Waals surface area contributed by atoms with E-state index in [0.717, 1.165) is 71.5 Å². The fraction of sp³-hybridized carbons (Fsp3) is 0.467. The van der Waals surface area contributed by atoms with Gasteiger partial charge in [0.05, 0.1) is 36.3 Å². The van der Waals surface area contributed by atoms with Gasteiger partial charge >= 0.3 is 12.1 Å². The molecule has 0 bridgehead atoms. The number of methoxy groups -OCH3 is 1. The number of ether oxygens (including phenoxy) is 1. The number of hydrogen-bond donors (Lipinski definition) is 1. The molecular formula is C30H34N4O5. The molecule has 9 nitrogen and oxygen atoms in total. The molecule has 9 heteroatoms. The van der Waals surface area contributed by atoms with Crippen LogP contribution in [0, 0.1) is 5.92 Å². The first kappa shape index (κ1) is 25.4. The number of carbonyl (C=O) groups excluding carboxylic acids is 2. The Labute approximate surface area is 227 Å². The summed E-state index contributed by atoms with van der Waals surface area (Å²) < 4.78 is 7.28. The fourth-order valence-electron chi connectivity index (χ4n) is 6.78. The van der Waals surface area contributed by atoms with E-state index in [1.165, 1.54) is 7.11 Å². The smallest absolute Gasteiger partial charge is 0.414 e. The van der Waals surface area contributed by atoms with Gasteiger partial charge in [-0.3, -0.25) is 14.5 Å². The van der Waals surface area contributed by atoms with Gasteiger partial charge in [0.2, 0.25) is 5.91 Å². The zero-order valence-corrected chi connectivity index (χ0v) is 22.4. The summed E-state index contributed by atoms with van der Waals surface area (Å²) in [7, 11) is 1.39. The molecule has 2 aromatic carbocycles. The minimum atomic E-state index is -0.758. The summed E-state index contributed by atoms with van der Waals surface area (Å²) in [6, 6.07) is 11.9. The lowest BCUT2D eigenvalue weighted by Gasteiger charge is -2.34. The first-order chi connectivity index (χ1) is 18.9. The third-order valence-electron chi connectivity index (χ3n) is 8.75. The zero-order valence-electron chi connectivity index (χ0n) is 22.4. The molecule has 0 radical (unpaired) electrons. The van der Waals surface area contributed by atoms with E-state index >= 15 is 0 Å². The van der Waals surface area contributed by atoms with Crippen LogP contribution in [-0.4, -0.2) is 45.8 Å². The van der Waals surface area contributed by atoms with Crippen molar-refractivity contribution < 1.29 is 24.2 Å². The predicted octanol–water partition coefficient (Wildman–Crippen LogP) is 5.24. The van der Waals surface area contributed by atoms with Crippen molar-refractivity contribution in [1.29, 1.82) is 0 Å². The molecule has 3 atom stereocenters. The second-order valence-electron chi connectivity index (χ2n) is 11.0. The van der Waals surface area contributed by atoms with Crippen LogP contribution in [-0.2, 0) is 33.7 Å². The van der Waals surface area contributed by atoms with E-state index in [0.29, 0.717) is 25.8 Å². The molecule has 1 unspecified atom stereocenters. The lowest BCUT2D eigenvalue weighted by Crippen LogP contribution is -2.42. The van der Waals surface area contributed by atoms with E-state index in [4.69, 9.17) is 9.72 Å². The van der Waals surface area contributed by atoms with Gasteiger partial charge in [0.1, 0.15) is 5.82 Å². The Hall–Kier alpha value is -3.88. The van der Waals surface area contributed by atoms with E-state index in [1.807, 2.05) is 42.2 Å². The normalized spacial score (nSPS) is 22.9. The van der Waals surface area contributed by atoms with Crippen LogP contribution in [0.4, 0.5) is 16.2 Å². The molecule has 6 rings (SSSR count). The first-order valence-electron chi connectivity index (χ1n) is 13.9. The lowest BCUT2D eigenvalue weighted by atomic mass is 9.85. The van der Waals surface area contributed by atoms with Gasteiger partial charge in [-0.1, -0.05) is 24.6 Å². The van der Waals surface area contributed by atoms with Crippen LogP contribution in [0.15, 0.2) is 36.4 Å². The highest BCUT2D eigenvalue weighted by Gasteiger charge is 2.35. The van der Waals surface area contributed by atoms with Crippen molar-refractivity contribution in [3.63, 3.8) is 0 Å². The van der Waals surface area contributed by atoms with Gasteiger partial charge in [0.15, 0.2) is 0 Å². The van der Waals surface area contributed by atoms with Crippen LogP contribution in [0.3, 0.4) is 0 Å². The number of imidazole rings is 1. The number of aromatic nitrogens is 2. The maximum absolute atomic E-state index is 13.2. The monoisotopic (exact) mass is 530 g/mol. The molecule has 2 amide bonds. The number of carbonyl (C=O) groups is 3. The summed E-state index contributed by atoms with van der Waals surface area (Å²) in [5.74, 6) is -0.347. The molecule has 0 spiro atoms. The van der Waals surface area contributed by atoms with E-state index in [2.05, 4.69) is 10.6 Å². The standard InChI is InChI=1S/C30H34N4O5/c1-18-10-12-22-24(33(18)30(38)39-2)13-14-25-28(22)31-26(34(25)21-8-5-7-20(16-21)29(36)37)17-32-23-9-4-3-6-19(23)11-15-27(32)35/h3-4,6,9,13-14,18,20-21H,5,7-8,10-12,15-17H2,1-2H3,(H,36,37)/t18?,20-,21-/m1/s1. The van der Waals surface area contributed by atoms with Gasteiger partial charge < -0.3 is 19.3 Å². The highest BCUT2D eigenvalue weighted by Crippen LogP contribution is 2.41. The summed E-state index contributed by atoms with van der Waals surface area (Å²) >= 11 is 0. The molecule has 1 saturated carbocycles. The highest BCUT2D eigenvalue weighted by atomic mass is 16.5. The minimum Gasteiger partial charge on any atom is -0.481 e. The van der Waals surface area contributed by atoms with Crippen LogP contribution in [0.25, 0.3) is 11.0 Å². The molecule has 2 aliphatic heterocycles. The number of amides is 2. The van der Waals surface area contributed by atoms with Gasteiger partial charge in [0.25, 0.3) is 0 Å². The Morgan fingerprint density at radius 2 is 1.87 bits per heavy atom. The largest absolute Gasteiger partial charge is 0.481 e. The third kappa shape index (κ3) is 4.33. The fourth-order valence-corrected chi connectivity index (χ4v) is 6.78. The van der Waals surface area contributed by atoms with Gasteiger partial charge in [-0.2, -0.15) is 0 Å². The van der Waals surface area contributed by atoms with Crippen LogP contribution in [0.5, 0.6) is 0 Å². The molecule has 1 N–H and O–H groups in total. The van der Waals surface area contributed by atoms with E-state index in [-0.39, 0.29) is 18.0 Å².